The van der Waals surface area contributed by atoms with Gasteiger partial charge in [-0.2, -0.15) is 13.2 Å². The molecule has 1 heterocycles. The summed E-state index contributed by atoms with van der Waals surface area (Å²) in [7, 11) is 0. The maximum Gasteiger partial charge on any atom is 0.451 e. The Balaban J connectivity index is 1.33. The number of rotatable bonds is 6. The Hall–Kier alpha value is -2.57. The molecule has 3 aliphatic rings. The second-order valence-corrected chi connectivity index (χ2v) is 11.8. The minimum Gasteiger partial charge on any atom is -0.391 e. The fourth-order valence-electron chi connectivity index (χ4n) is 6.42. The molecule has 0 unspecified atom stereocenters. The predicted octanol–water partition coefficient (Wildman–Crippen LogP) is 5.34. The lowest BCUT2D eigenvalue weighted by Gasteiger charge is -2.38. The number of carbonyl (C=O) groups excluding carboxylic acids is 2. The third kappa shape index (κ3) is 5.37. The van der Waals surface area contributed by atoms with E-state index in [2.05, 4.69) is 20.6 Å². The zero-order chi connectivity index (χ0) is 29.0. The fourth-order valence-corrected chi connectivity index (χ4v) is 6.85. The van der Waals surface area contributed by atoms with Crippen LogP contribution in [0.5, 0.6) is 0 Å². The molecule has 7 nitrogen and oxygen atoms in total. The quantitative estimate of drug-likeness (QED) is 0.304. The summed E-state index contributed by atoms with van der Waals surface area (Å²) in [5.41, 5.74) is -2.77. The lowest BCUT2D eigenvalue weighted by atomic mass is 9.74. The maximum absolute atomic E-state index is 15.2. The number of amides is 2. The molecule has 14 heteroatoms. The van der Waals surface area contributed by atoms with E-state index < -0.39 is 70.5 Å². The molecule has 5 rings (SSSR count). The molecule has 2 bridgehead atoms. The zero-order valence-corrected chi connectivity index (χ0v) is 22.4. The van der Waals surface area contributed by atoms with Crippen molar-refractivity contribution in [1.82, 2.24) is 20.6 Å². The van der Waals surface area contributed by atoms with Gasteiger partial charge in [0.2, 0.25) is 11.7 Å². The van der Waals surface area contributed by atoms with Crippen LogP contribution in [0.4, 0.5) is 22.0 Å². The number of aliphatic hydroxyl groups is 1. The highest BCUT2D eigenvalue weighted by atomic mass is 35.5. The summed E-state index contributed by atoms with van der Waals surface area (Å²) in [6.45, 7) is 0. The third-order valence-electron chi connectivity index (χ3n) is 8.44. The molecule has 0 radical (unpaired) electrons. The van der Waals surface area contributed by atoms with Crippen LogP contribution in [0.3, 0.4) is 0 Å². The van der Waals surface area contributed by atoms with Gasteiger partial charge >= 0.3 is 6.18 Å². The minimum absolute atomic E-state index is 0.0266. The molecule has 3 saturated carbocycles. The minimum atomic E-state index is -4.85. The molecular formula is C26H25Cl2F5N4O3. The first kappa shape index (κ1) is 28.9. The van der Waals surface area contributed by atoms with E-state index in [4.69, 9.17) is 23.2 Å². The number of fused-ring (bicyclic) bond motifs is 2. The van der Waals surface area contributed by atoms with E-state index in [1.807, 2.05) is 0 Å². The topological polar surface area (TPSA) is 104 Å². The summed E-state index contributed by atoms with van der Waals surface area (Å²) < 4.78 is 69.1. The zero-order valence-electron chi connectivity index (χ0n) is 20.9. The first-order chi connectivity index (χ1) is 18.7. The number of carbonyl (C=O) groups is 2. The van der Waals surface area contributed by atoms with Crippen molar-refractivity contribution in [1.29, 1.82) is 0 Å². The van der Waals surface area contributed by atoms with Crippen molar-refractivity contribution in [3.8, 4) is 0 Å². The van der Waals surface area contributed by atoms with Crippen LogP contribution >= 0.6 is 23.2 Å². The van der Waals surface area contributed by atoms with Gasteiger partial charge in [0.1, 0.15) is 17.2 Å². The van der Waals surface area contributed by atoms with Crippen LogP contribution in [0.1, 0.15) is 72.9 Å². The summed E-state index contributed by atoms with van der Waals surface area (Å²) in [5.74, 6) is -4.56. The second kappa shape index (κ2) is 10.4. The highest BCUT2D eigenvalue weighted by molar-refractivity contribution is 6.42. The van der Waals surface area contributed by atoms with Crippen LogP contribution in [0, 0.1) is 17.2 Å². The van der Waals surface area contributed by atoms with Gasteiger partial charge in [-0.15, -0.1) is 0 Å². The van der Waals surface area contributed by atoms with E-state index in [0.29, 0.717) is 12.8 Å². The van der Waals surface area contributed by atoms with E-state index in [1.165, 1.54) is 6.07 Å². The van der Waals surface area contributed by atoms with Gasteiger partial charge in [-0.1, -0.05) is 23.2 Å². The molecule has 216 valence electrons. The molecule has 0 spiro atoms. The molecular weight excluding hydrogens is 582 g/mol. The van der Waals surface area contributed by atoms with Crippen LogP contribution in [-0.2, 0) is 11.0 Å². The average Bonchev–Trinajstić information content (AvgIpc) is 3.56. The van der Waals surface area contributed by atoms with E-state index >= 15 is 8.78 Å². The maximum atomic E-state index is 15.2. The Bertz CT molecular complexity index is 1340. The van der Waals surface area contributed by atoms with Gasteiger partial charge in [0.05, 0.1) is 28.2 Å². The Morgan fingerprint density at radius 1 is 1.10 bits per heavy atom. The van der Waals surface area contributed by atoms with Crippen LogP contribution in [0.25, 0.3) is 0 Å². The molecule has 2 amide bonds. The normalized spacial score (nSPS) is 30.4. The highest BCUT2D eigenvalue weighted by Crippen LogP contribution is 2.64. The van der Waals surface area contributed by atoms with E-state index in [9.17, 15) is 27.9 Å². The summed E-state index contributed by atoms with van der Waals surface area (Å²) >= 11 is 12.6. The molecule has 3 aliphatic carbocycles. The molecule has 3 fully saturated rings. The van der Waals surface area contributed by atoms with Gasteiger partial charge in [-0.05, 0) is 68.6 Å². The molecule has 2 aromatic rings. The number of alkyl halides is 4. The molecule has 1 aromatic carbocycles. The lowest BCUT2D eigenvalue weighted by Crippen LogP contribution is -2.42. The van der Waals surface area contributed by atoms with Gasteiger partial charge in [-0.25, -0.2) is 18.7 Å². The standard InChI is InChI=1S/C26H25Cl2F5N4O3/c27-13-1-2-14(29)18(19(13)28)20(24-4-6-25(30,11-24)7-5-24)37-21(39)12-9-16(17(38)10-12)35-22(40)15-3-8-34-23(36-15)26(31,32)33/h1-3,8,12,16-17,20,38H,4-7,9-11H2,(H,35,40)(H,37,39)/t12-,16+,17-,20-,24?,25?/m1/s1. The number of benzene rings is 1. The SMILES string of the molecule is O=C(N[C@H]1C[C@@H](C(=O)N[C@H](c2c(F)ccc(Cl)c2Cl)C23CCC(F)(CC2)C3)C[C@H]1O)c1ccnc(C(F)(F)F)n1. The summed E-state index contributed by atoms with van der Waals surface area (Å²) in [5, 5.41) is 15.8. The first-order valence-corrected chi connectivity index (χ1v) is 13.5. The monoisotopic (exact) mass is 606 g/mol. The largest absolute Gasteiger partial charge is 0.451 e. The Labute approximate surface area is 235 Å². The predicted molar refractivity (Wildman–Crippen MR) is 134 cm³/mol. The van der Waals surface area contributed by atoms with Crippen molar-refractivity contribution in [3.05, 3.63) is 57.3 Å². The Kier molecular flexibility index (Phi) is 7.50. The van der Waals surface area contributed by atoms with Crippen LogP contribution in [0.2, 0.25) is 10.0 Å². The molecule has 0 saturated heterocycles. The van der Waals surface area contributed by atoms with Crippen molar-refractivity contribution in [2.24, 2.45) is 11.3 Å². The first-order valence-electron chi connectivity index (χ1n) is 12.7. The number of hydrogen-bond donors (Lipinski definition) is 3. The average molecular weight is 607 g/mol. The molecule has 4 atom stereocenters. The number of aromatic nitrogens is 2. The van der Waals surface area contributed by atoms with Crippen molar-refractivity contribution < 1.29 is 36.6 Å². The molecule has 0 aliphatic heterocycles. The van der Waals surface area contributed by atoms with Gasteiger partial charge in [0, 0.05) is 17.7 Å². The summed E-state index contributed by atoms with van der Waals surface area (Å²) in [4.78, 5) is 32.4. The number of hydrogen-bond acceptors (Lipinski definition) is 5. The van der Waals surface area contributed by atoms with Gasteiger partial charge < -0.3 is 15.7 Å². The Morgan fingerprint density at radius 2 is 1.80 bits per heavy atom. The van der Waals surface area contributed by atoms with Crippen molar-refractivity contribution >= 4 is 35.0 Å². The number of nitrogens with one attached hydrogen (secondary N) is 2. The number of nitrogens with zero attached hydrogens (tertiary/aromatic N) is 2. The van der Waals surface area contributed by atoms with Crippen LogP contribution < -0.4 is 10.6 Å². The van der Waals surface area contributed by atoms with Gasteiger partial charge in [0.25, 0.3) is 5.91 Å². The molecule has 1 aromatic heterocycles. The third-order valence-corrected chi connectivity index (χ3v) is 9.25. The summed E-state index contributed by atoms with van der Waals surface area (Å²) in [6, 6.07) is 1.47. The second-order valence-electron chi connectivity index (χ2n) is 11.0. The van der Waals surface area contributed by atoms with E-state index in [-0.39, 0.29) is 47.7 Å². The highest BCUT2D eigenvalue weighted by Gasteiger charge is 2.59. The molecule has 3 N–H and O–H groups in total. The van der Waals surface area contributed by atoms with Gasteiger partial charge in [-0.3, -0.25) is 9.59 Å². The smallest absolute Gasteiger partial charge is 0.391 e. The van der Waals surface area contributed by atoms with Crippen molar-refractivity contribution in [3.63, 3.8) is 0 Å². The van der Waals surface area contributed by atoms with E-state index in [1.54, 1.807) is 0 Å². The number of halogens is 7. The lowest BCUT2D eigenvalue weighted by molar-refractivity contribution is -0.145. The van der Waals surface area contributed by atoms with Crippen molar-refractivity contribution in [2.75, 3.05) is 0 Å². The summed E-state index contributed by atoms with van der Waals surface area (Å²) in [6.07, 6.45) is -3.90. The van der Waals surface area contributed by atoms with E-state index in [0.717, 1.165) is 18.3 Å². The fraction of sp³-hybridized carbons (Fsp3) is 0.538. The van der Waals surface area contributed by atoms with Crippen LogP contribution in [0.15, 0.2) is 24.4 Å². The molecule has 40 heavy (non-hydrogen) atoms. The number of aliphatic hydroxyl groups excluding tert-OH is 1. The van der Waals surface area contributed by atoms with Crippen molar-refractivity contribution in [2.45, 2.75) is 75.0 Å². The Morgan fingerprint density at radius 3 is 2.42 bits per heavy atom. The van der Waals surface area contributed by atoms with Crippen LogP contribution in [-0.4, -0.2) is 44.7 Å². The van der Waals surface area contributed by atoms with Gasteiger partial charge in [0.15, 0.2) is 0 Å².